The van der Waals surface area contributed by atoms with E-state index in [1.54, 1.807) is 33.3 Å². The van der Waals surface area contributed by atoms with Crippen molar-refractivity contribution in [2.24, 2.45) is 7.05 Å². The summed E-state index contributed by atoms with van der Waals surface area (Å²) in [6.07, 6.45) is 3.53. The summed E-state index contributed by atoms with van der Waals surface area (Å²) in [5.74, 6) is 0.637. The molecule has 1 aliphatic heterocycles. The summed E-state index contributed by atoms with van der Waals surface area (Å²) in [7, 11) is 1.71. The number of aryl methyl sites for hydroxylation is 1. The van der Waals surface area contributed by atoms with Crippen molar-refractivity contribution in [2.45, 2.75) is 0 Å². The topological polar surface area (TPSA) is 75.7 Å². The first-order valence-corrected chi connectivity index (χ1v) is 9.55. The minimum atomic E-state index is -0.261. The lowest BCUT2D eigenvalue weighted by Gasteiger charge is -2.35. The average molecular weight is 388 g/mol. The maximum Gasteiger partial charge on any atom is 0.263 e. The van der Waals surface area contributed by atoms with Gasteiger partial charge in [0.05, 0.1) is 5.52 Å². The molecule has 1 aliphatic rings. The fourth-order valence-electron chi connectivity index (χ4n) is 3.86. The molecule has 4 heterocycles. The Morgan fingerprint density at radius 3 is 2.66 bits per heavy atom. The van der Waals surface area contributed by atoms with Crippen LogP contribution in [0.25, 0.3) is 16.6 Å². The summed E-state index contributed by atoms with van der Waals surface area (Å²) in [4.78, 5) is 33.9. The number of nitrogens with zero attached hydrogens (tertiary/aromatic N) is 6. The standard InChI is InChI=1S/C21H20N6O2/c1-24-17-5-3-2-4-15(17)14-16(20(24)28)21(29)26-12-10-25(11-13-26)19-7-6-18-22-8-9-27(18)23-19/h2-9,14H,10-13H2,1H3. The second-order valence-electron chi connectivity index (χ2n) is 7.18. The number of benzene rings is 1. The Morgan fingerprint density at radius 2 is 1.83 bits per heavy atom. The van der Waals surface area contributed by atoms with Crippen LogP contribution >= 0.6 is 0 Å². The van der Waals surface area contributed by atoms with Crippen LogP contribution in [0.4, 0.5) is 5.82 Å². The zero-order chi connectivity index (χ0) is 20.0. The number of fused-ring (bicyclic) bond motifs is 2. The summed E-state index contributed by atoms with van der Waals surface area (Å²) in [6.45, 7) is 2.40. The predicted molar refractivity (Wildman–Crippen MR) is 110 cm³/mol. The minimum absolute atomic E-state index is 0.214. The van der Waals surface area contributed by atoms with E-state index in [1.165, 1.54) is 0 Å². The van der Waals surface area contributed by atoms with Crippen LogP contribution in [0.1, 0.15) is 10.4 Å². The lowest BCUT2D eigenvalue weighted by molar-refractivity contribution is 0.0744. The van der Waals surface area contributed by atoms with E-state index >= 15 is 0 Å². The van der Waals surface area contributed by atoms with E-state index < -0.39 is 0 Å². The van der Waals surface area contributed by atoms with E-state index in [0.717, 1.165) is 22.4 Å². The van der Waals surface area contributed by atoms with E-state index in [-0.39, 0.29) is 17.0 Å². The fourth-order valence-corrected chi connectivity index (χ4v) is 3.86. The van der Waals surface area contributed by atoms with Gasteiger partial charge < -0.3 is 14.4 Å². The molecule has 146 valence electrons. The maximum atomic E-state index is 13.1. The molecule has 4 aromatic rings. The second-order valence-corrected chi connectivity index (χ2v) is 7.18. The molecule has 1 amide bonds. The second kappa shape index (κ2) is 6.73. The lowest BCUT2D eigenvalue weighted by Crippen LogP contribution is -2.50. The Labute approximate surface area is 166 Å². The lowest BCUT2D eigenvalue weighted by atomic mass is 10.1. The van der Waals surface area contributed by atoms with E-state index in [9.17, 15) is 9.59 Å². The van der Waals surface area contributed by atoms with Gasteiger partial charge in [-0.2, -0.15) is 0 Å². The largest absolute Gasteiger partial charge is 0.352 e. The third kappa shape index (κ3) is 2.93. The predicted octanol–water partition coefficient (Wildman–Crippen LogP) is 1.54. The smallest absolute Gasteiger partial charge is 0.263 e. The molecule has 5 rings (SSSR count). The van der Waals surface area contributed by atoms with Gasteiger partial charge in [-0.1, -0.05) is 18.2 Å². The van der Waals surface area contributed by atoms with E-state index in [2.05, 4.69) is 15.0 Å². The number of aromatic nitrogens is 4. The molecule has 0 N–H and O–H groups in total. The maximum absolute atomic E-state index is 13.1. The molecule has 1 aromatic carbocycles. The van der Waals surface area contributed by atoms with Gasteiger partial charge in [0, 0.05) is 45.6 Å². The van der Waals surface area contributed by atoms with Crippen LogP contribution in [0.3, 0.4) is 0 Å². The number of piperazine rings is 1. The van der Waals surface area contributed by atoms with Gasteiger partial charge in [0.15, 0.2) is 5.65 Å². The van der Waals surface area contributed by atoms with Gasteiger partial charge in [0.25, 0.3) is 11.5 Å². The van der Waals surface area contributed by atoms with E-state index in [4.69, 9.17) is 0 Å². The summed E-state index contributed by atoms with van der Waals surface area (Å²) < 4.78 is 3.29. The van der Waals surface area contributed by atoms with E-state index in [1.807, 2.05) is 42.6 Å². The first kappa shape index (κ1) is 17.4. The van der Waals surface area contributed by atoms with Gasteiger partial charge >= 0.3 is 0 Å². The van der Waals surface area contributed by atoms with Crippen LogP contribution in [0, 0.1) is 0 Å². The Bertz CT molecular complexity index is 1280. The number of carbonyl (C=O) groups excluding carboxylic acids is 1. The number of carbonyl (C=O) groups is 1. The Hall–Kier alpha value is -3.68. The molecular weight excluding hydrogens is 368 g/mol. The van der Waals surface area contributed by atoms with Crippen LogP contribution in [0.15, 0.2) is 59.7 Å². The first-order valence-electron chi connectivity index (χ1n) is 9.55. The van der Waals surface area contributed by atoms with Gasteiger partial charge in [-0.15, -0.1) is 5.10 Å². The quantitative estimate of drug-likeness (QED) is 0.521. The average Bonchev–Trinajstić information content (AvgIpc) is 3.24. The zero-order valence-electron chi connectivity index (χ0n) is 16.0. The highest BCUT2D eigenvalue weighted by molar-refractivity contribution is 5.97. The number of hydrogen-bond acceptors (Lipinski definition) is 5. The number of pyridine rings is 1. The highest BCUT2D eigenvalue weighted by atomic mass is 16.2. The van der Waals surface area contributed by atoms with Crippen LogP contribution in [0.2, 0.25) is 0 Å². The number of amides is 1. The molecule has 8 heteroatoms. The summed E-state index contributed by atoms with van der Waals surface area (Å²) >= 11 is 0. The summed E-state index contributed by atoms with van der Waals surface area (Å²) in [6, 6.07) is 13.2. The van der Waals surface area contributed by atoms with Gasteiger partial charge in [-0.05, 0) is 29.7 Å². The Morgan fingerprint density at radius 1 is 1.03 bits per heavy atom. The molecule has 1 saturated heterocycles. The Balaban J connectivity index is 1.37. The monoisotopic (exact) mass is 388 g/mol. The highest BCUT2D eigenvalue weighted by Crippen LogP contribution is 2.17. The third-order valence-electron chi connectivity index (χ3n) is 5.50. The normalized spacial score (nSPS) is 14.7. The van der Waals surface area contributed by atoms with Crippen LogP contribution < -0.4 is 10.5 Å². The third-order valence-corrected chi connectivity index (χ3v) is 5.50. The number of para-hydroxylation sites is 1. The van der Waals surface area contributed by atoms with Crippen molar-refractivity contribution in [3.63, 3.8) is 0 Å². The fraction of sp³-hybridized carbons (Fsp3) is 0.238. The van der Waals surface area contributed by atoms with Crippen molar-refractivity contribution in [1.82, 2.24) is 24.1 Å². The highest BCUT2D eigenvalue weighted by Gasteiger charge is 2.25. The molecule has 0 spiro atoms. The number of imidazole rings is 1. The van der Waals surface area contributed by atoms with Crippen molar-refractivity contribution in [3.05, 3.63) is 70.8 Å². The molecule has 0 bridgehead atoms. The molecule has 1 fully saturated rings. The number of anilines is 1. The molecule has 0 atom stereocenters. The van der Waals surface area contributed by atoms with Crippen molar-refractivity contribution in [1.29, 1.82) is 0 Å². The van der Waals surface area contributed by atoms with Crippen molar-refractivity contribution in [2.75, 3.05) is 31.1 Å². The molecule has 0 saturated carbocycles. The zero-order valence-corrected chi connectivity index (χ0v) is 16.0. The molecule has 8 nitrogen and oxygen atoms in total. The van der Waals surface area contributed by atoms with Crippen molar-refractivity contribution < 1.29 is 4.79 Å². The molecule has 29 heavy (non-hydrogen) atoms. The van der Waals surface area contributed by atoms with Crippen LogP contribution in [-0.2, 0) is 7.05 Å². The number of rotatable bonds is 2. The summed E-state index contributed by atoms with van der Waals surface area (Å²) in [5, 5.41) is 5.45. The summed E-state index contributed by atoms with van der Waals surface area (Å²) in [5.41, 5.74) is 1.58. The van der Waals surface area contributed by atoms with E-state index in [0.29, 0.717) is 26.2 Å². The van der Waals surface area contributed by atoms with Gasteiger partial charge in [0.2, 0.25) is 0 Å². The molecule has 0 unspecified atom stereocenters. The van der Waals surface area contributed by atoms with Gasteiger partial charge in [0.1, 0.15) is 11.4 Å². The SMILES string of the molecule is Cn1c(=O)c(C(=O)N2CCN(c3ccc4nccn4n3)CC2)cc2ccccc21. The molecule has 0 aliphatic carbocycles. The Kier molecular flexibility index (Phi) is 4.04. The number of hydrogen-bond donors (Lipinski definition) is 0. The van der Waals surface area contributed by atoms with Crippen LogP contribution in [0.5, 0.6) is 0 Å². The van der Waals surface area contributed by atoms with Crippen molar-refractivity contribution >= 4 is 28.3 Å². The molecule has 0 radical (unpaired) electrons. The van der Waals surface area contributed by atoms with Gasteiger partial charge in [-0.3, -0.25) is 9.59 Å². The van der Waals surface area contributed by atoms with Crippen molar-refractivity contribution in [3.8, 4) is 0 Å². The molecular formula is C21H20N6O2. The van der Waals surface area contributed by atoms with Crippen LogP contribution in [-0.4, -0.2) is 56.2 Å². The minimum Gasteiger partial charge on any atom is -0.352 e. The molecule has 3 aromatic heterocycles. The van der Waals surface area contributed by atoms with Gasteiger partial charge in [-0.25, -0.2) is 9.50 Å². The first-order chi connectivity index (χ1) is 14.1.